The van der Waals surface area contributed by atoms with E-state index < -0.39 is 71.7 Å². The molecule has 3 atom stereocenters. The second kappa shape index (κ2) is 11.2. The Kier molecular flexibility index (Phi) is 8.77. The van der Waals surface area contributed by atoms with E-state index in [1.54, 1.807) is 6.92 Å². The van der Waals surface area contributed by atoms with Crippen LogP contribution in [0.15, 0.2) is 18.6 Å². The summed E-state index contributed by atoms with van der Waals surface area (Å²) in [6.45, 7) is 2.35. The zero-order chi connectivity index (χ0) is 28.6. The topological polar surface area (TPSA) is 105 Å². The molecule has 38 heavy (non-hydrogen) atoms. The van der Waals surface area contributed by atoms with Gasteiger partial charge in [0.15, 0.2) is 11.5 Å². The van der Waals surface area contributed by atoms with E-state index in [1.807, 2.05) is 0 Å². The lowest BCUT2D eigenvalue weighted by Gasteiger charge is -2.33. The highest BCUT2D eigenvalue weighted by Gasteiger charge is 2.44. The van der Waals surface area contributed by atoms with Crippen molar-refractivity contribution in [3.63, 3.8) is 0 Å². The van der Waals surface area contributed by atoms with Crippen molar-refractivity contribution in [1.82, 2.24) is 19.7 Å². The van der Waals surface area contributed by atoms with Crippen LogP contribution in [0.3, 0.4) is 0 Å². The molecule has 2 aromatic rings. The number of pyridine rings is 1. The minimum atomic E-state index is -5.02. The number of halogens is 6. The van der Waals surface area contributed by atoms with Crippen molar-refractivity contribution in [2.45, 2.75) is 57.9 Å². The summed E-state index contributed by atoms with van der Waals surface area (Å²) >= 11 is 12.0. The molecule has 208 valence electrons. The molecular formula is C24H26Cl2F4N4O4. The number of carbonyl (C=O) groups excluding carboxylic acids is 2. The van der Waals surface area contributed by atoms with E-state index in [1.165, 1.54) is 0 Å². The number of carboxylic acid groups (broad SMARTS) is 1. The first kappa shape index (κ1) is 29.8. The van der Waals surface area contributed by atoms with Gasteiger partial charge in [0.05, 0.1) is 52.4 Å². The van der Waals surface area contributed by atoms with Crippen molar-refractivity contribution in [3.05, 3.63) is 45.5 Å². The molecular weight excluding hydrogens is 555 g/mol. The van der Waals surface area contributed by atoms with Gasteiger partial charge in [-0.15, -0.1) is 0 Å². The molecule has 3 unspecified atom stereocenters. The maximum absolute atomic E-state index is 14.6. The summed E-state index contributed by atoms with van der Waals surface area (Å²) in [4.78, 5) is 42.2. The first-order valence-electron chi connectivity index (χ1n) is 11.7. The highest BCUT2D eigenvalue weighted by molar-refractivity contribution is 6.39. The van der Waals surface area contributed by atoms with Crippen molar-refractivity contribution in [2.75, 3.05) is 13.1 Å². The molecule has 1 saturated carbocycles. The monoisotopic (exact) mass is 580 g/mol. The number of hydrogen-bond acceptors (Lipinski definition) is 5. The van der Waals surface area contributed by atoms with E-state index in [2.05, 4.69) is 10.1 Å². The van der Waals surface area contributed by atoms with Crippen molar-refractivity contribution in [2.24, 2.45) is 11.8 Å². The standard InChI is InChI=1S/C24H26Cl2F4N4O4/c1-12-6-13(4-5-14(12)22(37)38)34-20(24(28,29)30)15(7-32-34)21(36)33(11-23(2,3)27)10-18(35)19-16(25)8-31-9-17(19)26/h7-9,12-14H,4-6,10-11H2,1-3H3,(H,37,38). The molecule has 8 nitrogen and oxygen atoms in total. The smallest absolute Gasteiger partial charge is 0.433 e. The van der Waals surface area contributed by atoms with Gasteiger partial charge >= 0.3 is 12.1 Å². The normalized spacial score (nSPS) is 20.3. The third kappa shape index (κ3) is 6.63. The van der Waals surface area contributed by atoms with Crippen LogP contribution < -0.4 is 0 Å². The number of nitrogens with zero attached hydrogens (tertiary/aromatic N) is 4. The van der Waals surface area contributed by atoms with Gasteiger partial charge in [-0.2, -0.15) is 18.3 Å². The minimum absolute atomic E-state index is 0.105. The van der Waals surface area contributed by atoms with Crippen LogP contribution in [0, 0.1) is 11.8 Å². The summed E-state index contributed by atoms with van der Waals surface area (Å²) in [6.07, 6.45) is -1.64. The van der Waals surface area contributed by atoms with Gasteiger partial charge in [-0.25, -0.2) is 4.39 Å². The van der Waals surface area contributed by atoms with Crippen molar-refractivity contribution in [3.8, 4) is 0 Å². The van der Waals surface area contributed by atoms with E-state index in [9.17, 15) is 37.1 Å². The van der Waals surface area contributed by atoms with Gasteiger partial charge in [0.2, 0.25) is 0 Å². The fourth-order valence-corrected chi connectivity index (χ4v) is 5.36. The number of carbonyl (C=O) groups is 3. The number of rotatable bonds is 8. The zero-order valence-corrected chi connectivity index (χ0v) is 22.2. The Labute approximate surface area is 225 Å². The molecule has 0 aromatic carbocycles. The molecule has 1 aliphatic rings. The van der Waals surface area contributed by atoms with E-state index in [-0.39, 0.29) is 34.9 Å². The summed E-state index contributed by atoms with van der Waals surface area (Å²) in [7, 11) is 0. The van der Waals surface area contributed by atoms with Gasteiger partial charge in [-0.3, -0.25) is 24.0 Å². The van der Waals surface area contributed by atoms with Gasteiger partial charge in [0.1, 0.15) is 5.67 Å². The van der Waals surface area contributed by atoms with E-state index in [0.717, 1.165) is 32.4 Å². The Bertz CT molecular complexity index is 1210. The molecule has 2 aromatic heterocycles. The fraction of sp³-hybridized carbons (Fsp3) is 0.542. The Morgan fingerprint density at radius 3 is 2.21 bits per heavy atom. The molecule has 0 radical (unpaired) electrons. The van der Waals surface area contributed by atoms with Crippen LogP contribution in [-0.4, -0.2) is 61.2 Å². The predicted molar refractivity (Wildman–Crippen MR) is 130 cm³/mol. The number of ketones is 1. The molecule has 1 aliphatic carbocycles. The SMILES string of the molecule is CC1CC(n2ncc(C(=O)N(CC(=O)c3c(Cl)cncc3Cl)CC(C)(C)F)c2C(F)(F)F)CCC1C(=O)O. The quantitative estimate of drug-likeness (QED) is 0.315. The molecule has 3 rings (SSSR count). The van der Waals surface area contributed by atoms with Crippen molar-refractivity contribution < 1.29 is 37.1 Å². The minimum Gasteiger partial charge on any atom is -0.481 e. The van der Waals surface area contributed by atoms with Crippen molar-refractivity contribution >= 4 is 40.9 Å². The van der Waals surface area contributed by atoms with E-state index in [4.69, 9.17) is 23.2 Å². The van der Waals surface area contributed by atoms with Crippen molar-refractivity contribution in [1.29, 1.82) is 0 Å². The number of Topliss-reactive ketones (excluding diaryl/α,β-unsaturated/α-hetero) is 1. The second-order valence-corrected chi connectivity index (χ2v) is 10.8. The largest absolute Gasteiger partial charge is 0.481 e. The summed E-state index contributed by atoms with van der Waals surface area (Å²) in [5.74, 6) is -4.21. The first-order chi connectivity index (χ1) is 17.5. The highest BCUT2D eigenvalue weighted by atomic mass is 35.5. The Morgan fingerprint density at radius 2 is 1.71 bits per heavy atom. The average molecular weight is 581 g/mol. The van der Waals surface area contributed by atoms with Gasteiger partial charge in [-0.1, -0.05) is 30.1 Å². The number of aromatic nitrogens is 3. The lowest BCUT2D eigenvalue weighted by atomic mass is 9.78. The number of amides is 1. The Morgan fingerprint density at radius 1 is 1.11 bits per heavy atom. The van der Waals surface area contributed by atoms with Crippen LogP contribution in [-0.2, 0) is 11.0 Å². The zero-order valence-electron chi connectivity index (χ0n) is 20.7. The van der Waals surface area contributed by atoms with Gasteiger partial charge in [-0.05, 0) is 39.0 Å². The van der Waals surface area contributed by atoms with Gasteiger partial charge < -0.3 is 10.0 Å². The second-order valence-electron chi connectivity index (χ2n) is 10.0. The van der Waals surface area contributed by atoms with Crippen LogP contribution in [0.4, 0.5) is 17.6 Å². The first-order valence-corrected chi connectivity index (χ1v) is 12.4. The fourth-order valence-electron chi connectivity index (χ4n) is 4.79. The summed E-state index contributed by atoms with van der Waals surface area (Å²) < 4.78 is 58.2. The molecule has 0 aliphatic heterocycles. The average Bonchev–Trinajstić information content (AvgIpc) is 3.22. The summed E-state index contributed by atoms with van der Waals surface area (Å²) in [5.41, 5.74) is -4.47. The molecule has 0 spiro atoms. The van der Waals surface area contributed by atoms with Crippen LogP contribution >= 0.6 is 23.2 Å². The number of aliphatic carboxylic acids is 1. The molecule has 14 heteroatoms. The maximum atomic E-state index is 14.6. The van der Waals surface area contributed by atoms with Gasteiger partial charge in [0.25, 0.3) is 5.91 Å². The maximum Gasteiger partial charge on any atom is 0.433 e. The Balaban J connectivity index is 1.99. The number of hydrogen-bond donors (Lipinski definition) is 1. The Hall–Kier alpha value is -2.73. The molecule has 0 saturated heterocycles. The molecule has 1 N–H and O–H groups in total. The lowest BCUT2D eigenvalue weighted by Crippen LogP contribution is -2.43. The molecule has 1 fully saturated rings. The third-order valence-corrected chi connectivity index (χ3v) is 6.99. The number of carboxylic acids is 1. The predicted octanol–water partition coefficient (Wildman–Crippen LogP) is 5.74. The van der Waals surface area contributed by atoms with Gasteiger partial charge in [0, 0.05) is 12.4 Å². The summed E-state index contributed by atoms with van der Waals surface area (Å²) in [6, 6.07) is -0.805. The lowest BCUT2D eigenvalue weighted by molar-refractivity contribution is -0.149. The van der Waals surface area contributed by atoms with Crippen LogP contribution in [0.1, 0.15) is 72.5 Å². The summed E-state index contributed by atoms with van der Waals surface area (Å²) in [5, 5.41) is 12.9. The third-order valence-electron chi connectivity index (χ3n) is 6.42. The highest BCUT2D eigenvalue weighted by Crippen LogP contribution is 2.41. The van der Waals surface area contributed by atoms with Crippen LogP contribution in [0.2, 0.25) is 10.0 Å². The van der Waals surface area contributed by atoms with Crippen LogP contribution in [0.5, 0.6) is 0 Å². The van der Waals surface area contributed by atoms with E-state index >= 15 is 0 Å². The molecule has 1 amide bonds. The molecule has 0 bridgehead atoms. The van der Waals surface area contributed by atoms with Crippen LogP contribution in [0.25, 0.3) is 0 Å². The van der Waals surface area contributed by atoms with E-state index in [0.29, 0.717) is 9.58 Å². The molecule has 2 heterocycles. The number of alkyl halides is 4.